The van der Waals surface area contributed by atoms with Crippen molar-refractivity contribution in [1.29, 1.82) is 0 Å². The fraction of sp³-hybridized carbons (Fsp3) is 0.444. The van der Waals surface area contributed by atoms with Gasteiger partial charge in [-0.3, -0.25) is 0 Å². The van der Waals surface area contributed by atoms with E-state index < -0.39 is 24.2 Å². The van der Waals surface area contributed by atoms with Gasteiger partial charge in [-0.05, 0) is 80.1 Å². The molecule has 0 aliphatic rings. The summed E-state index contributed by atoms with van der Waals surface area (Å²) in [6.07, 6.45) is -2.33. The van der Waals surface area contributed by atoms with Gasteiger partial charge < -0.3 is 23.7 Å². The van der Waals surface area contributed by atoms with E-state index in [-0.39, 0.29) is 36.0 Å². The number of ether oxygens (including phenoxy) is 5. The number of carbonyl (C=O) groups excluding carboxylic acids is 2. The van der Waals surface area contributed by atoms with E-state index in [1.54, 1.807) is 31.4 Å². The second-order valence-corrected chi connectivity index (χ2v) is 10.7. The van der Waals surface area contributed by atoms with Gasteiger partial charge in [-0.25, -0.2) is 9.59 Å². The summed E-state index contributed by atoms with van der Waals surface area (Å²) in [5, 5.41) is 0. The molecule has 3 aromatic rings. The van der Waals surface area contributed by atoms with Crippen molar-refractivity contribution < 1.29 is 46.4 Å². The van der Waals surface area contributed by atoms with Crippen molar-refractivity contribution in [2.24, 2.45) is 0 Å². The summed E-state index contributed by atoms with van der Waals surface area (Å²) in [5.41, 5.74) is 1.66. The molecule has 0 saturated heterocycles. The van der Waals surface area contributed by atoms with Crippen molar-refractivity contribution in [2.45, 2.75) is 83.8 Å². The SMILES string of the molecule is CCCCCC(OC)Oc1ccc(-c2ccc(C(=O)Oc3ccccc3C(=O)OC(CCCCCOCC)C(F)(F)F)cc2)cc1. The Kier molecular flexibility index (Phi) is 15.1. The Morgan fingerprint density at radius 2 is 1.41 bits per heavy atom. The van der Waals surface area contributed by atoms with E-state index in [4.69, 9.17) is 23.7 Å². The molecule has 0 saturated carbocycles. The van der Waals surface area contributed by atoms with E-state index in [0.29, 0.717) is 31.8 Å². The molecule has 7 nitrogen and oxygen atoms in total. The van der Waals surface area contributed by atoms with Crippen molar-refractivity contribution >= 4 is 11.9 Å². The van der Waals surface area contributed by atoms with Crippen molar-refractivity contribution in [3.63, 3.8) is 0 Å². The van der Waals surface area contributed by atoms with Crippen LogP contribution in [0, 0.1) is 0 Å². The molecular weight excluding hydrogens is 601 g/mol. The number of benzene rings is 3. The summed E-state index contributed by atoms with van der Waals surface area (Å²) in [6, 6.07) is 19.7. The minimum atomic E-state index is -4.74. The first-order chi connectivity index (χ1) is 22.2. The molecule has 0 aliphatic carbocycles. The summed E-state index contributed by atoms with van der Waals surface area (Å²) in [4.78, 5) is 25.8. The van der Waals surface area contributed by atoms with Crippen LogP contribution < -0.4 is 9.47 Å². The van der Waals surface area contributed by atoms with Crippen LogP contribution in [0.15, 0.2) is 72.8 Å². The van der Waals surface area contributed by atoms with Crippen LogP contribution in [0.5, 0.6) is 11.5 Å². The number of rotatable bonds is 19. The lowest BCUT2D eigenvalue weighted by atomic mass is 10.0. The highest BCUT2D eigenvalue weighted by atomic mass is 19.4. The first-order valence-electron chi connectivity index (χ1n) is 15.7. The van der Waals surface area contributed by atoms with Gasteiger partial charge in [0.1, 0.15) is 17.1 Å². The highest BCUT2D eigenvalue weighted by molar-refractivity contribution is 5.96. The number of halogens is 3. The number of esters is 2. The molecule has 0 spiro atoms. The normalized spacial score (nSPS) is 12.7. The first-order valence-corrected chi connectivity index (χ1v) is 15.7. The van der Waals surface area contributed by atoms with Gasteiger partial charge >= 0.3 is 18.1 Å². The molecule has 10 heteroatoms. The minimum absolute atomic E-state index is 0.195. The van der Waals surface area contributed by atoms with E-state index in [9.17, 15) is 22.8 Å². The maximum absolute atomic E-state index is 13.7. The van der Waals surface area contributed by atoms with Crippen LogP contribution >= 0.6 is 0 Å². The van der Waals surface area contributed by atoms with Crippen LogP contribution in [0.2, 0.25) is 0 Å². The second kappa shape index (κ2) is 18.9. The van der Waals surface area contributed by atoms with Crippen LogP contribution in [-0.2, 0) is 14.2 Å². The zero-order valence-corrected chi connectivity index (χ0v) is 26.6. The molecule has 0 aromatic heterocycles. The van der Waals surface area contributed by atoms with Crippen molar-refractivity contribution in [2.75, 3.05) is 20.3 Å². The number of hydrogen-bond donors (Lipinski definition) is 0. The highest BCUT2D eigenvalue weighted by Crippen LogP contribution is 2.30. The number of hydrogen-bond acceptors (Lipinski definition) is 7. The third-order valence-electron chi connectivity index (χ3n) is 7.27. The summed E-state index contributed by atoms with van der Waals surface area (Å²) in [5.74, 6) is -1.51. The molecular formula is C36H43F3O7. The molecule has 0 amide bonds. The number of alkyl halides is 3. The fourth-order valence-electron chi connectivity index (χ4n) is 4.68. The standard InChI is InChI=1S/C36H43F3O7/c1-4-6-8-16-33(42-3)44-29-23-21-27(22-24-29)26-17-19-28(20-18-26)34(40)45-31-14-11-10-13-30(31)35(41)46-32(36(37,38)39)15-9-7-12-25-43-5-2/h10-11,13-14,17-24,32-33H,4-9,12,15-16,25H2,1-3H3. The Hall–Kier alpha value is -3.89. The molecule has 0 N–H and O–H groups in total. The van der Waals surface area contributed by atoms with E-state index in [1.807, 2.05) is 31.2 Å². The van der Waals surface area contributed by atoms with Crippen LogP contribution in [0.1, 0.15) is 85.9 Å². The second-order valence-electron chi connectivity index (χ2n) is 10.7. The average molecular weight is 645 g/mol. The quantitative estimate of drug-likeness (QED) is 0.0557. The van der Waals surface area contributed by atoms with Gasteiger partial charge in [-0.15, -0.1) is 0 Å². The zero-order chi connectivity index (χ0) is 33.4. The minimum Gasteiger partial charge on any atom is -0.465 e. The third-order valence-corrected chi connectivity index (χ3v) is 7.27. The molecule has 3 aromatic carbocycles. The third kappa shape index (κ3) is 11.8. The van der Waals surface area contributed by atoms with Gasteiger partial charge in [0.15, 0.2) is 12.4 Å². The maximum atomic E-state index is 13.7. The predicted molar refractivity (Wildman–Crippen MR) is 169 cm³/mol. The Balaban J connectivity index is 1.61. The van der Waals surface area contributed by atoms with E-state index in [2.05, 4.69) is 6.92 Å². The number of carbonyl (C=O) groups is 2. The Morgan fingerprint density at radius 1 is 0.761 bits per heavy atom. The molecule has 0 radical (unpaired) electrons. The number of methoxy groups -OCH3 is 1. The number of unbranched alkanes of at least 4 members (excludes halogenated alkanes) is 4. The lowest BCUT2D eigenvalue weighted by molar-refractivity contribution is -0.206. The van der Waals surface area contributed by atoms with Crippen molar-refractivity contribution in [3.05, 3.63) is 83.9 Å². The van der Waals surface area contributed by atoms with Crippen LogP contribution in [0.3, 0.4) is 0 Å². The topological polar surface area (TPSA) is 80.3 Å². The molecule has 0 fully saturated rings. The Morgan fingerprint density at radius 3 is 2.04 bits per heavy atom. The molecule has 0 bridgehead atoms. The van der Waals surface area contributed by atoms with Crippen molar-refractivity contribution in [3.8, 4) is 22.6 Å². The number of para-hydroxylation sites is 1. The van der Waals surface area contributed by atoms with E-state index >= 15 is 0 Å². The van der Waals surface area contributed by atoms with Crippen molar-refractivity contribution in [1.82, 2.24) is 0 Å². The lowest BCUT2D eigenvalue weighted by Gasteiger charge is -2.21. The van der Waals surface area contributed by atoms with Crippen LogP contribution in [0.4, 0.5) is 13.2 Å². The molecule has 0 heterocycles. The molecule has 3 rings (SSSR count). The van der Waals surface area contributed by atoms with E-state index in [1.165, 1.54) is 24.3 Å². The monoisotopic (exact) mass is 644 g/mol. The van der Waals surface area contributed by atoms with Gasteiger partial charge in [0.05, 0.1) is 5.56 Å². The molecule has 0 aliphatic heterocycles. The van der Waals surface area contributed by atoms with Crippen LogP contribution in [0.25, 0.3) is 11.1 Å². The summed E-state index contributed by atoms with van der Waals surface area (Å²) in [7, 11) is 1.62. The molecule has 46 heavy (non-hydrogen) atoms. The van der Waals surface area contributed by atoms with Gasteiger partial charge in [0.2, 0.25) is 0 Å². The van der Waals surface area contributed by atoms with Gasteiger partial charge in [-0.1, -0.05) is 62.6 Å². The zero-order valence-electron chi connectivity index (χ0n) is 26.6. The van der Waals surface area contributed by atoms with Crippen LogP contribution in [-0.4, -0.2) is 50.8 Å². The molecule has 2 unspecified atom stereocenters. The largest absolute Gasteiger partial charge is 0.465 e. The average Bonchev–Trinajstić information content (AvgIpc) is 3.05. The predicted octanol–water partition coefficient (Wildman–Crippen LogP) is 9.19. The fourth-order valence-corrected chi connectivity index (χ4v) is 4.68. The summed E-state index contributed by atoms with van der Waals surface area (Å²) < 4.78 is 67.8. The van der Waals surface area contributed by atoms with E-state index in [0.717, 1.165) is 36.8 Å². The first kappa shape index (κ1) is 36.6. The van der Waals surface area contributed by atoms with Gasteiger partial charge in [0.25, 0.3) is 0 Å². The molecule has 250 valence electrons. The summed E-state index contributed by atoms with van der Waals surface area (Å²) in [6.45, 7) is 4.99. The molecule has 2 atom stereocenters. The maximum Gasteiger partial charge on any atom is 0.425 e. The highest BCUT2D eigenvalue weighted by Gasteiger charge is 2.42. The van der Waals surface area contributed by atoms with Gasteiger partial charge in [0, 0.05) is 26.7 Å². The summed E-state index contributed by atoms with van der Waals surface area (Å²) >= 11 is 0. The Labute approximate surface area is 269 Å². The smallest absolute Gasteiger partial charge is 0.425 e. The van der Waals surface area contributed by atoms with Gasteiger partial charge in [-0.2, -0.15) is 13.2 Å². The lowest BCUT2D eigenvalue weighted by Crippen LogP contribution is -2.34. The Bertz CT molecular complexity index is 1340.